The van der Waals surface area contributed by atoms with E-state index >= 15 is 0 Å². The summed E-state index contributed by atoms with van der Waals surface area (Å²) in [6.07, 6.45) is 1.02. The van der Waals surface area contributed by atoms with E-state index in [1.807, 2.05) is 19.0 Å². The minimum Gasteiger partial charge on any atom is -0.481 e. The zero-order chi connectivity index (χ0) is 14.8. The van der Waals surface area contributed by atoms with E-state index in [9.17, 15) is 14.4 Å². The van der Waals surface area contributed by atoms with E-state index in [1.54, 1.807) is 0 Å². The number of amides is 2. The maximum atomic E-state index is 11.3. The standard InChI is InChI=1S/C11H21N3O5/c1-14(2)6-4-3-5-12-11(19)13-8(10(17)18)7-9(15)16/h8H,3-7H2,1-2H3,(H,15,16)(H,17,18)(H2,12,13,19). The number of hydrogen-bond donors (Lipinski definition) is 4. The summed E-state index contributed by atoms with van der Waals surface area (Å²) >= 11 is 0. The van der Waals surface area contributed by atoms with Crippen LogP contribution in [0.3, 0.4) is 0 Å². The molecule has 0 saturated heterocycles. The first-order chi connectivity index (χ1) is 8.82. The average Bonchev–Trinajstić information content (AvgIpc) is 2.26. The minimum atomic E-state index is -1.42. The number of carboxylic acids is 2. The number of rotatable bonds is 9. The Morgan fingerprint density at radius 2 is 1.79 bits per heavy atom. The van der Waals surface area contributed by atoms with Crippen LogP contribution in [0.5, 0.6) is 0 Å². The van der Waals surface area contributed by atoms with Gasteiger partial charge in [0.1, 0.15) is 6.04 Å². The number of nitrogens with one attached hydrogen (secondary N) is 2. The Bertz CT molecular complexity index is 319. The lowest BCUT2D eigenvalue weighted by atomic mass is 10.2. The molecule has 8 nitrogen and oxygen atoms in total. The quantitative estimate of drug-likeness (QED) is 0.423. The van der Waals surface area contributed by atoms with Crippen LogP contribution in [-0.2, 0) is 9.59 Å². The smallest absolute Gasteiger partial charge is 0.326 e. The highest BCUT2D eigenvalue weighted by atomic mass is 16.4. The summed E-state index contributed by atoms with van der Waals surface area (Å²) < 4.78 is 0. The van der Waals surface area contributed by atoms with Gasteiger partial charge in [0, 0.05) is 6.54 Å². The summed E-state index contributed by atoms with van der Waals surface area (Å²) in [6.45, 7) is 1.32. The first-order valence-corrected chi connectivity index (χ1v) is 5.96. The molecule has 19 heavy (non-hydrogen) atoms. The molecule has 8 heteroatoms. The lowest BCUT2D eigenvalue weighted by Crippen LogP contribution is -2.47. The molecule has 1 unspecified atom stereocenters. The highest BCUT2D eigenvalue weighted by Crippen LogP contribution is 1.93. The molecule has 0 fully saturated rings. The van der Waals surface area contributed by atoms with Gasteiger partial charge in [0.05, 0.1) is 6.42 Å². The normalized spacial score (nSPS) is 11.9. The third-order valence-corrected chi connectivity index (χ3v) is 2.30. The largest absolute Gasteiger partial charge is 0.481 e. The maximum Gasteiger partial charge on any atom is 0.326 e. The van der Waals surface area contributed by atoms with Gasteiger partial charge in [-0.2, -0.15) is 0 Å². The van der Waals surface area contributed by atoms with Gasteiger partial charge in [-0.15, -0.1) is 0 Å². The summed E-state index contributed by atoms with van der Waals surface area (Å²) in [6, 6.07) is -2.09. The monoisotopic (exact) mass is 275 g/mol. The fraction of sp³-hybridized carbons (Fsp3) is 0.727. The second-order valence-electron chi connectivity index (χ2n) is 4.40. The molecule has 0 aliphatic rings. The summed E-state index contributed by atoms with van der Waals surface area (Å²) in [4.78, 5) is 34.5. The van der Waals surface area contributed by atoms with Gasteiger partial charge in [0.25, 0.3) is 0 Å². The Kier molecular flexibility index (Phi) is 8.27. The van der Waals surface area contributed by atoms with E-state index < -0.39 is 30.4 Å². The van der Waals surface area contributed by atoms with Crippen molar-refractivity contribution in [3.05, 3.63) is 0 Å². The number of carbonyl (C=O) groups is 3. The summed E-state index contributed by atoms with van der Waals surface area (Å²) in [5.41, 5.74) is 0. The fourth-order valence-corrected chi connectivity index (χ4v) is 1.34. The van der Waals surface area contributed by atoms with Gasteiger partial charge >= 0.3 is 18.0 Å². The van der Waals surface area contributed by atoms with Gasteiger partial charge in [-0.25, -0.2) is 9.59 Å². The molecule has 0 spiro atoms. The lowest BCUT2D eigenvalue weighted by molar-refractivity contribution is -0.145. The summed E-state index contributed by atoms with van der Waals surface area (Å²) in [7, 11) is 3.90. The van der Waals surface area contributed by atoms with Crippen LogP contribution in [0.25, 0.3) is 0 Å². The molecule has 0 aromatic rings. The second kappa shape index (κ2) is 9.15. The molecule has 0 aliphatic heterocycles. The maximum absolute atomic E-state index is 11.3. The van der Waals surface area contributed by atoms with Crippen LogP contribution in [0.1, 0.15) is 19.3 Å². The number of nitrogens with zero attached hydrogens (tertiary/aromatic N) is 1. The van der Waals surface area contributed by atoms with E-state index in [-0.39, 0.29) is 0 Å². The first kappa shape index (κ1) is 17.2. The third kappa shape index (κ3) is 9.83. The number of urea groups is 1. The van der Waals surface area contributed by atoms with Gasteiger partial charge in [0.2, 0.25) is 0 Å². The molecule has 1 atom stereocenters. The number of hydrogen-bond acceptors (Lipinski definition) is 4. The molecule has 2 amide bonds. The fourth-order valence-electron chi connectivity index (χ4n) is 1.34. The van der Waals surface area contributed by atoms with Gasteiger partial charge in [-0.3, -0.25) is 4.79 Å². The van der Waals surface area contributed by atoms with Crippen molar-refractivity contribution >= 4 is 18.0 Å². The van der Waals surface area contributed by atoms with Gasteiger partial charge in [0.15, 0.2) is 0 Å². The Balaban J connectivity index is 3.87. The Labute approximate surface area is 111 Å². The minimum absolute atomic E-state index is 0.416. The Hall–Kier alpha value is -1.83. The zero-order valence-corrected chi connectivity index (χ0v) is 11.2. The van der Waals surface area contributed by atoms with E-state index in [1.165, 1.54) is 0 Å². The van der Waals surface area contributed by atoms with Crippen LogP contribution in [-0.4, -0.2) is 66.3 Å². The molecule has 4 N–H and O–H groups in total. The molecular formula is C11H21N3O5. The lowest BCUT2D eigenvalue weighted by Gasteiger charge is -2.13. The van der Waals surface area contributed by atoms with Crippen molar-refractivity contribution in [3.63, 3.8) is 0 Å². The highest BCUT2D eigenvalue weighted by Gasteiger charge is 2.22. The SMILES string of the molecule is CN(C)CCCCNC(=O)NC(CC(=O)O)C(=O)O. The second-order valence-corrected chi connectivity index (χ2v) is 4.40. The molecule has 0 aromatic heterocycles. The van der Waals surface area contributed by atoms with Crippen LogP contribution in [0.4, 0.5) is 4.79 Å². The number of aliphatic carboxylic acids is 2. The molecule has 0 aliphatic carbocycles. The van der Waals surface area contributed by atoms with Crippen LogP contribution in [0.15, 0.2) is 0 Å². The van der Waals surface area contributed by atoms with Crippen molar-refractivity contribution in [2.75, 3.05) is 27.2 Å². The Morgan fingerprint density at radius 1 is 1.16 bits per heavy atom. The molecule has 0 rings (SSSR count). The zero-order valence-electron chi connectivity index (χ0n) is 11.2. The van der Waals surface area contributed by atoms with Crippen molar-refractivity contribution in [1.29, 1.82) is 0 Å². The van der Waals surface area contributed by atoms with Gasteiger partial charge in [-0.05, 0) is 33.5 Å². The van der Waals surface area contributed by atoms with Crippen LogP contribution in [0, 0.1) is 0 Å². The molecule has 0 bridgehead atoms. The van der Waals surface area contributed by atoms with Crippen molar-refractivity contribution in [2.45, 2.75) is 25.3 Å². The first-order valence-electron chi connectivity index (χ1n) is 5.96. The number of carboxylic acid groups (broad SMARTS) is 2. The molecule has 0 saturated carbocycles. The number of unbranched alkanes of at least 4 members (excludes halogenated alkanes) is 1. The Morgan fingerprint density at radius 3 is 2.26 bits per heavy atom. The molecule has 110 valence electrons. The van der Waals surface area contributed by atoms with E-state index in [2.05, 4.69) is 10.6 Å². The van der Waals surface area contributed by atoms with E-state index in [4.69, 9.17) is 10.2 Å². The van der Waals surface area contributed by atoms with Crippen molar-refractivity contribution in [1.82, 2.24) is 15.5 Å². The van der Waals surface area contributed by atoms with E-state index in [0.29, 0.717) is 6.54 Å². The summed E-state index contributed by atoms with van der Waals surface area (Å²) in [5, 5.41) is 21.8. The van der Waals surface area contributed by atoms with Gasteiger partial charge < -0.3 is 25.7 Å². The van der Waals surface area contributed by atoms with Crippen molar-refractivity contribution < 1.29 is 24.6 Å². The highest BCUT2D eigenvalue weighted by molar-refractivity contribution is 5.86. The molecule has 0 aromatic carbocycles. The van der Waals surface area contributed by atoms with Crippen molar-refractivity contribution in [3.8, 4) is 0 Å². The number of carbonyl (C=O) groups excluding carboxylic acids is 1. The molecule has 0 radical (unpaired) electrons. The molecule has 0 heterocycles. The van der Waals surface area contributed by atoms with Gasteiger partial charge in [-0.1, -0.05) is 0 Å². The third-order valence-electron chi connectivity index (χ3n) is 2.30. The topological polar surface area (TPSA) is 119 Å². The predicted octanol–water partition coefficient (Wildman–Crippen LogP) is -0.445. The average molecular weight is 275 g/mol. The molecular weight excluding hydrogens is 254 g/mol. The van der Waals surface area contributed by atoms with Crippen molar-refractivity contribution in [2.24, 2.45) is 0 Å². The summed E-state index contributed by atoms with van der Waals surface area (Å²) in [5.74, 6) is -2.65. The van der Waals surface area contributed by atoms with Crippen LogP contribution >= 0.6 is 0 Å². The van der Waals surface area contributed by atoms with Crippen LogP contribution in [0.2, 0.25) is 0 Å². The van der Waals surface area contributed by atoms with E-state index in [0.717, 1.165) is 19.4 Å². The van der Waals surface area contributed by atoms with Crippen LogP contribution < -0.4 is 10.6 Å². The predicted molar refractivity (Wildman–Crippen MR) is 68.0 cm³/mol.